The van der Waals surface area contributed by atoms with Crippen molar-refractivity contribution >= 4 is 18.0 Å². The van der Waals surface area contributed by atoms with Crippen LogP contribution in [0.4, 0.5) is 9.18 Å². The molecule has 180 valence electrons. The van der Waals surface area contributed by atoms with Crippen molar-refractivity contribution in [3.05, 3.63) is 63.1 Å². The second kappa shape index (κ2) is 10.2. The number of cyclic esters (lactones) is 1. The third kappa shape index (κ3) is 4.88. The molecule has 1 aromatic heterocycles. The summed E-state index contributed by atoms with van der Waals surface area (Å²) in [6.45, 7) is 0.545. The lowest BCUT2D eigenvalue weighted by Crippen LogP contribution is -2.36. The number of rotatable bonds is 0. The van der Waals surface area contributed by atoms with Gasteiger partial charge in [0.1, 0.15) is 11.6 Å². The number of aryl methyl sites for hydroxylation is 1. The van der Waals surface area contributed by atoms with Crippen LogP contribution in [0.1, 0.15) is 72.0 Å². The van der Waals surface area contributed by atoms with E-state index < -0.39 is 29.2 Å². The fraction of sp³-hybridized carbons (Fsp3) is 0.440. The van der Waals surface area contributed by atoms with Crippen LogP contribution < -0.4 is 5.56 Å². The maximum absolute atomic E-state index is 13.8. The van der Waals surface area contributed by atoms with Crippen molar-refractivity contribution in [3.63, 3.8) is 0 Å². The number of allylic oxidation sites excluding steroid dienone is 1. The van der Waals surface area contributed by atoms with E-state index in [1.54, 1.807) is 19.2 Å². The molecule has 2 aromatic rings. The molecule has 4 rings (SSSR count). The van der Waals surface area contributed by atoms with E-state index >= 15 is 0 Å². The van der Waals surface area contributed by atoms with E-state index in [0.29, 0.717) is 44.2 Å². The Labute approximate surface area is 196 Å². The van der Waals surface area contributed by atoms with Gasteiger partial charge in [0.2, 0.25) is 5.75 Å². The van der Waals surface area contributed by atoms with Crippen LogP contribution in [0.5, 0.6) is 5.75 Å². The standard InChI is InChI=1S/C25H28FN3O5/c1-28-19-8-4-5-13-29-23(19)27-21(22(31)24(29)32)20(30)12-10-16-9-11-18(26)15-17(16)7-3-2-6-14-34-25(28)33/h3,7,9,11,15,19,31H,2,4-6,8,10,12-14H2,1H3/b7-3+. The Hall–Kier alpha value is -3.49. The van der Waals surface area contributed by atoms with Crippen LogP contribution >= 0.6 is 0 Å². The lowest BCUT2D eigenvalue weighted by molar-refractivity contribution is 0.0920. The lowest BCUT2D eigenvalue weighted by atomic mass is 9.99. The van der Waals surface area contributed by atoms with E-state index in [4.69, 9.17) is 4.74 Å². The summed E-state index contributed by atoms with van der Waals surface area (Å²) in [6, 6.07) is 3.80. The minimum atomic E-state index is -0.690. The van der Waals surface area contributed by atoms with Gasteiger partial charge in [0.15, 0.2) is 11.5 Å². The second-order valence-electron chi connectivity index (χ2n) is 8.67. The highest BCUT2D eigenvalue weighted by Gasteiger charge is 2.31. The topological polar surface area (TPSA) is 102 Å². The summed E-state index contributed by atoms with van der Waals surface area (Å²) in [5.74, 6) is -1.29. The average Bonchev–Trinajstić information content (AvgIpc) is 3.04. The zero-order valence-corrected chi connectivity index (χ0v) is 19.1. The number of halogens is 1. The van der Waals surface area contributed by atoms with Crippen LogP contribution in [0, 0.1) is 5.82 Å². The molecule has 2 bridgehead atoms. The molecule has 1 unspecified atom stereocenters. The van der Waals surface area contributed by atoms with Gasteiger partial charge in [-0.05, 0) is 61.8 Å². The summed E-state index contributed by atoms with van der Waals surface area (Å²) >= 11 is 0. The first-order valence-electron chi connectivity index (χ1n) is 11.6. The molecular weight excluding hydrogens is 441 g/mol. The summed E-state index contributed by atoms with van der Waals surface area (Å²) in [7, 11) is 1.59. The predicted octanol–water partition coefficient (Wildman–Crippen LogP) is 4.00. The van der Waals surface area contributed by atoms with Gasteiger partial charge in [-0.2, -0.15) is 0 Å². The number of aromatic nitrogens is 2. The van der Waals surface area contributed by atoms with E-state index in [2.05, 4.69) is 4.98 Å². The van der Waals surface area contributed by atoms with Crippen LogP contribution in [-0.2, 0) is 17.7 Å². The zero-order chi connectivity index (χ0) is 24.2. The molecule has 1 amide bonds. The van der Waals surface area contributed by atoms with E-state index in [1.807, 2.05) is 6.08 Å². The minimum absolute atomic E-state index is 0.0154. The number of Topliss-reactive ketones (excluding diaryl/α,β-unsaturated/α-hetero) is 1. The van der Waals surface area contributed by atoms with E-state index in [1.165, 1.54) is 21.6 Å². The fourth-order valence-corrected chi connectivity index (χ4v) is 4.44. The third-order valence-corrected chi connectivity index (χ3v) is 6.37. The number of benzene rings is 1. The summed E-state index contributed by atoms with van der Waals surface area (Å²) in [4.78, 5) is 44.5. The quantitative estimate of drug-likeness (QED) is 0.626. The Morgan fingerprint density at radius 3 is 2.79 bits per heavy atom. The van der Waals surface area contributed by atoms with Crippen molar-refractivity contribution in [1.29, 1.82) is 0 Å². The molecule has 8 nitrogen and oxygen atoms in total. The number of nitrogens with zero attached hydrogens (tertiary/aromatic N) is 3. The molecule has 0 saturated heterocycles. The Kier molecular flexibility index (Phi) is 7.09. The number of ketones is 1. The first-order valence-corrected chi connectivity index (χ1v) is 11.6. The number of ether oxygens (including phenoxy) is 1. The average molecular weight is 470 g/mol. The normalized spacial score (nSPS) is 20.6. The monoisotopic (exact) mass is 469 g/mol. The molecule has 2 aliphatic heterocycles. The Morgan fingerprint density at radius 2 is 1.97 bits per heavy atom. The smallest absolute Gasteiger partial charge is 0.410 e. The van der Waals surface area contributed by atoms with Crippen molar-refractivity contribution in [3.8, 4) is 5.75 Å². The molecule has 0 aliphatic carbocycles. The highest BCUT2D eigenvalue weighted by atomic mass is 19.1. The van der Waals surface area contributed by atoms with Crippen molar-refractivity contribution in [2.75, 3.05) is 13.7 Å². The van der Waals surface area contributed by atoms with Gasteiger partial charge < -0.3 is 14.7 Å². The number of hydrogen-bond acceptors (Lipinski definition) is 6. The molecule has 34 heavy (non-hydrogen) atoms. The maximum Gasteiger partial charge on any atom is 0.410 e. The zero-order valence-electron chi connectivity index (χ0n) is 19.1. The van der Waals surface area contributed by atoms with Crippen LogP contribution in [0.15, 0.2) is 29.1 Å². The maximum atomic E-state index is 13.8. The Balaban J connectivity index is 1.77. The molecule has 0 spiro atoms. The third-order valence-electron chi connectivity index (χ3n) is 6.37. The summed E-state index contributed by atoms with van der Waals surface area (Å²) < 4.78 is 20.6. The molecule has 0 radical (unpaired) electrons. The lowest BCUT2D eigenvalue weighted by Gasteiger charge is -2.27. The summed E-state index contributed by atoms with van der Waals surface area (Å²) in [5.41, 5.74) is 0.428. The van der Waals surface area contributed by atoms with Gasteiger partial charge in [-0.25, -0.2) is 14.2 Å². The Bertz CT molecular complexity index is 1190. The van der Waals surface area contributed by atoms with E-state index in [0.717, 1.165) is 12.0 Å². The van der Waals surface area contributed by atoms with Crippen LogP contribution in [-0.4, -0.2) is 45.1 Å². The number of fused-ring (bicyclic) bond motifs is 2. The molecule has 0 fully saturated rings. The van der Waals surface area contributed by atoms with Crippen molar-refractivity contribution in [1.82, 2.24) is 14.5 Å². The molecule has 0 saturated carbocycles. The molecule has 2 aliphatic rings. The Morgan fingerprint density at radius 1 is 1.15 bits per heavy atom. The largest absolute Gasteiger partial charge is 0.501 e. The van der Waals surface area contributed by atoms with Crippen LogP contribution in [0.2, 0.25) is 0 Å². The van der Waals surface area contributed by atoms with E-state index in [9.17, 15) is 23.9 Å². The molecule has 3 heterocycles. The van der Waals surface area contributed by atoms with Gasteiger partial charge in [-0.1, -0.05) is 18.2 Å². The van der Waals surface area contributed by atoms with Crippen LogP contribution in [0.25, 0.3) is 6.08 Å². The van der Waals surface area contributed by atoms with Crippen molar-refractivity contribution in [2.24, 2.45) is 0 Å². The number of carbonyl (C=O) groups excluding carboxylic acids is 2. The SMILES string of the molecule is CN1C(=O)OCCC/C=C/c2cc(F)ccc2CCC(=O)c2nc3n(c(=O)c2O)CCCCC31. The van der Waals surface area contributed by atoms with Crippen molar-refractivity contribution < 1.29 is 23.8 Å². The molecule has 1 N–H and O–H groups in total. The first-order chi connectivity index (χ1) is 16.4. The fourth-order valence-electron chi connectivity index (χ4n) is 4.44. The molecular formula is C25H28FN3O5. The predicted molar refractivity (Wildman–Crippen MR) is 123 cm³/mol. The van der Waals surface area contributed by atoms with Gasteiger partial charge in [-0.15, -0.1) is 0 Å². The van der Waals surface area contributed by atoms with Crippen LogP contribution in [0.3, 0.4) is 0 Å². The van der Waals surface area contributed by atoms with Gasteiger partial charge in [0, 0.05) is 20.0 Å². The number of amides is 1. The summed E-state index contributed by atoms with van der Waals surface area (Å²) in [5, 5.41) is 10.5. The van der Waals surface area contributed by atoms with Crippen molar-refractivity contribution in [2.45, 2.75) is 57.5 Å². The second-order valence-corrected chi connectivity index (χ2v) is 8.67. The first kappa shape index (κ1) is 23.7. The highest BCUT2D eigenvalue weighted by molar-refractivity contribution is 5.96. The summed E-state index contributed by atoms with van der Waals surface area (Å²) in [6.07, 6.45) is 6.60. The number of hydrogen-bond donors (Lipinski definition) is 1. The molecule has 1 atom stereocenters. The number of carbonyl (C=O) groups is 2. The molecule has 1 aromatic carbocycles. The highest BCUT2D eigenvalue weighted by Crippen LogP contribution is 2.29. The number of aromatic hydroxyl groups is 1. The van der Waals surface area contributed by atoms with Gasteiger partial charge in [0.05, 0.1) is 12.6 Å². The molecule has 9 heteroatoms. The minimum Gasteiger partial charge on any atom is -0.501 e. The van der Waals surface area contributed by atoms with Gasteiger partial charge >= 0.3 is 6.09 Å². The van der Waals surface area contributed by atoms with Gasteiger partial charge in [-0.3, -0.25) is 14.2 Å². The van der Waals surface area contributed by atoms with Gasteiger partial charge in [0.25, 0.3) is 5.56 Å². The van der Waals surface area contributed by atoms with E-state index in [-0.39, 0.29) is 30.4 Å².